The second kappa shape index (κ2) is 11.0. The molecule has 1 fully saturated rings. The van der Waals surface area contributed by atoms with Crippen LogP contribution in [0.15, 0.2) is 59.9 Å². The van der Waals surface area contributed by atoms with E-state index in [4.69, 9.17) is 4.99 Å². The first kappa shape index (κ1) is 22.1. The van der Waals surface area contributed by atoms with Crippen LogP contribution in [-0.2, 0) is 13.1 Å². The highest BCUT2D eigenvalue weighted by atomic mass is 15.3. The number of guanidine groups is 1. The van der Waals surface area contributed by atoms with Crippen LogP contribution in [0.5, 0.6) is 0 Å². The summed E-state index contributed by atoms with van der Waals surface area (Å²) in [5.41, 5.74) is 2.42. The Bertz CT molecular complexity index is 1000. The number of nitrogens with one attached hydrogen (secondary N) is 2. The molecular formula is C25H35N7. The highest BCUT2D eigenvalue weighted by molar-refractivity contribution is 5.80. The Morgan fingerprint density at radius 1 is 1.03 bits per heavy atom. The molecule has 0 amide bonds. The average molecular weight is 434 g/mol. The van der Waals surface area contributed by atoms with Crippen molar-refractivity contribution in [3.8, 4) is 0 Å². The van der Waals surface area contributed by atoms with E-state index in [1.165, 1.54) is 10.9 Å². The van der Waals surface area contributed by atoms with Gasteiger partial charge in [0.2, 0.25) is 0 Å². The molecule has 2 aromatic heterocycles. The molecule has 3 heterocycles. The number of hydrogen-bond acceptors (Lipinski definition) is 4. The monoisotopic (exact) mass is 433 g/mol. The molecule has 1 saturated heterocycles. The normalized spacial score (nSPS) is 15.3. The van der Waals surface area contributed by atoms with Crippen molar-refractivity contribution < 1.29 is 0 Å². The minimum absolute atomic E-state index is 0.619. The summed E-state index contributed by atoms with van der Waals surface area (Å²) >= 11 is 0. The van der Waals surface area contributed by atoms with Gasteiger partial charge in [-0.3, -0.25) is 0 Å². The zero-order valence-corrected chi connectivity index (χ0v) is 19.3. The zero-order chi connectivity index (χ0) is 22.2. The van der Waals surface area contributed by atoms with Crippen molar-refractivity contribution >= 4 is 22.7 Å². The molecule has 7 heteroatoms. The van der Waals surface area contributed by atoms with Gasteiger partial charge in [0.15, 0.2) is 5.96 Å². The third kappa shape index (κ3) is 5.79. The summed E-state index contributed by atoms with van der Waals surface area (Å²) < 4.78 is 2.31. The fourth-order valence-corrected chi connectivity index (χ4v) is 4.04. The van der Waals surface area contributed by atoms with Crippen LogP contribution in [0.1, 0.15) is 18.9 Å². The van der Waals surface area contributed by atoms with Crippen LogP contribution in [0.2, 0.25) is 0 Å². The fourth-order valence-electron chi connectivity index (χ4n) is 4.04. The van der Waals surface area contributed by atoms with Crippen LogP contribution in [0, 0.1) is 0 Å². The van der Waals surface area contributed by atoms with E-state index in [1.54, 1.807) is 0 Å². The molecule has 1 aliphatic heterocycles. The van der Waals surface area contributed by atoms with Crippen molar-refractivity contribution in [2.45, 2.75) is 26.4 Å². The third-order valence-electron chi connectivity index (χ3n) is 5.95. The summed E-state index contributed by atoms with van der Waals surface area (Å²) in [5, 5.41) is 8.10. The van der Waals surface area contributed by atoms with Crippen molar-refractivity contribution in [1.82, 2.24) is 25.1 Å². The molecule has 32 heavy (non-hydrogen) atoms. The maximum Gasteiger partial charge on any atom is 0.191 e. The van der Waals surface area contributed by atoms with Gasteiger partial charge in [0.1, 0.15) is 5.82 Å². The third-order valence-corrected chi connectivity index (χ3v) is 5.95. The van der Waals surface area contributed by atoms with Gasteiger partial charge in [0, 0.05) is 63.7 Å². The van der Waals surface area contributed by atoms with Gasteiger partial charge in [-0.05, 0) is 49.5 Å². The smallest absolute Gasteiger partial charge is 0.191 e. The quantitative estimate of drug-likeness (QED) is 0.325. The number of aliphatic imine (C=N–C) groups is 1. The standard InChI is InChI=1S/C25H35N7/c1-3-26-25(27-12-6-13-31-14-11-22-7-4-5-8-23(22)31)29-20-21-9-10-24(28-19-21)32-17-15-30(2)16-18-32/h4-5,7-11,14,19H,3,6,12-13,15-18,20H2,1-2H3,(H2,26,27,29). The van der Waals surface area contributed by atoms with Gasteiger partial charge in [0.05, 0.1) is 6.54 Å². The Morgan fingerprint density at radius 2 is 1.88 bits per heavy atom. The second-order valence-electron chi connectivity index (χ2n) is 8.36. The van der Waals surface area contributed by atoms with Gasteiger partial charge in [-0.25, -0.2) is 9.98 Å². The predicted molar refractivity (Wildman–Crippen MR) is 133 cm³/mol. The molecule has 4 rings (SSSR count). The largest absolute Gasteiger partial charge is 0.357 e. The summed E-state index contributed by atoms with van der Waals surface area (Å²) in [6, 6.07) is 15.0. The lowest BCUT2D eigenvalue weighted by molar-refractivity contribution is 0.312. The summed E-state index contributed by atoms with van der Waals surface area (Å²) in [4.78, 5) is 14.1. The molecular weight excluding hydrogens is 398 g/mol. The number of fused-ring (bicyclic) bond motifs is 1. The highest BCUT2D eigenvalue weighted by Gasteiger charge is 2.14. The lowest BCUT2D eigenvalue weighted by atomic mass is 10.2. The predicted octanol–water partition coefficient (Wildman–Crippen LogP) is 2.93. The maximum atomic E-state index is 4.75. The summed E-state index contributed by atoms with van der Waals surface area (Å²) in [6.07, 6.45) is 5.16. The topological polar surface area (TPSA) is 60.7 Å². The molecule has 0 aliphatic carbocycles. The molecule has 2 N–H and O–H groups in total. The van der Waals surface area contributed by atoms with Gasteiger partial charge < -0.3 is 25.0 Å². The van der Waals surface area contributed by atoms with Crippen LogP contribution in [0.4, 0.5) is 5.82 Å². The summed E-state index contributed by atoms with van der Waals surface area (Å²) in [7, 11) is 2.17. The molecule has 0 spiro atoms. The SMILES string of the molecule is CCNC(=NCc1ccc(N2CCN(C)CC2)nc1)NCCCn1ccc2ccccc21. The van der Waals surface area contributed by atoms with E-state index >= 15 is 0 Å². The van der Waals surface area contributed by atoms with Crippen molar-refractivity contribution in [3.63, 3.8) is 0 Å². The Morgan fingerprint density at radius 3 is 2.66 bits per heavy atom. The second-order valence-corrected chi connectivity index (χ2v) is 8.36. The van der Waals surface area contributed by atoms with Crippen molar-refractivity contribution in [1.29, 1.82) is 0 Å². The average Bonchev–Trinajstić information content (AvgIpc) is 3.24. The van der Waals surface area contributed by atoms with Crippen molar-refractivity contribution in [2.75, 3.05) is 51.2 Å². The lowest BCUT2D eigenvalue weighted by Crippen LogP contribution is -2.44. The van der Waals surface area contributed by atoms with E-state index in [9.17, 15) is 0 Å². The molecule has 1 aliphatic rings. The van der Waals surface area contributed by atoms with Crippen LogP contribution < -0.4 is 15.5 Å². The minimum atomic E-state index is 0.619. The van der Waals surface area contributed by atoms with Gasteiger partial charge in [0.25, 0.3) is 0 Å². The number of aryl methyl sites for hydroxylation is 1. The van der Waals surface area contributed by atoms with E-state index < -0.39 is 0 Å². The van der Waals surface area contributed by atoms with Crippen molar-refractivity contribution in [2.24, 2.45) is 4.99 Å². The Kier molecular flexibility index (Phi) is 7.61. The molecule has 0 atom stereocenters. The van der Waals surface area contributed by atoms with E-state index in [1.807, 2.05) is 6.20 Å². The van der Waals surface area contributed by atoms with Gasteiger partial charge >= 0.3 is 0 Å². The van der Waals surface area contributed by atoms with Gasteiger partial charge in [-0.2, -0.15) is 0 Å². The summed E-state index contributed by atoms with van der Waals surface area (Å²) in [5.74, 6) is 1.92. The van der Waals surface area contributed by atoms with Crippen LogP contribution in [0.3, 0.4) is 0 Å². The van der Waals surface area contributed by atoms with E-state index in [0.29, 0.717) is 6.54 Å². The molecule has 3 aromatic rings. The highest BCUT2D eigenvalue weighted by Crippen LogP contribution is 2.15. The minimum Gasteiger partial charge on any atom is -0.357 e. The number of benzene rings is 1. The van der Waals surface area contributed by atoms with Crippen molar-refractivity contribution in [3.05, 3.63) is 60.4 Å². The van der Waals surface area contributed by atoms with Crippen LogP contribution in [0.25, 0.3) is 10.9 Å². The lowest BCUT2D eigenvalue weighted by Gasteiger charge is -2.33. The maximum absolute atomic E-state index is 4.75. The van der Waals surface area contributed by atoms with Crippen LogP contribution in [-0.4, -0.2) is 66.7 Å². The number of anilines is 1. The Labute approximate surface area is 191 Å². The zero-order valence-electron chi connectivity index (χ0n) is 19.3. The molecule has 0 saturated carbocycles. The van der Waals surface area contributed by atoms with E-state index in [0.717, 1.165) is 69.6 Å². The number of rotatable bonds is 8. The Balaban J connectivity index is 1.26. The van der Waals surface area contributed by atoms with Gasteiger partial charge in [-0.1, -0.05) is 24.3 Å². The molecule has 7 nitrogen and oxygen atoms in total. The molecule has 0 radical (unpaired) electrons. The molecule has 1 aromatic carbocycles. The van der Waals surface area contributed by atoms with E-state index in [-0.39, 0.29) is 0 Å². The first-order chi connectivity index (χ1) is 15.7. The molecule has 0 bridgehead atoms. The molecule has 0 unspecified atom stereocenters. The number of para-hydroxylation sites is 1. The number of aromatic nitrogens is 2. The Hall–Kier alpha value is -3.06. The number of pyridine rings is 1. The summed E-state index contributed by atoms with van der Waals surface area (Å²) in [6.45, 7) is 9.66. The first-order valence-electron chi connectivity index (χ1n) is 11.7. The number of likely N-dealkylation sites (N-methyl/N-ethyl adjacent to an activating group) is 1. The van der Waals surface area contributed by atoms with E-state index in [2.05, 4.69) is 92.6 Å². The molecule has 170 valence electrons. The first-order valence-corrected chi connectivity index (χ1v) is 11.7. The number of nitrogens with zero attached hydrogens (tertiary/aromatic N) is 5. The van der Waals surface area contributed by atoms with Gasteiger partial charge in [-0.15, -0.1) is 0 Å². The number of piperazine rings is 1. The number of hydrogen-bond donors (Lipinski definition) is 2. The van der Waals surface area contributed by atoms with Crippen LogP contribution >= 0.6 is 0 Å². The fraction of sp³-hybridized carbons (Fsp3) is 0.440.